The zero-order valence-electron chi connectivity index (χ0n) is 21.9. The highest BCUT2D eigenvalue weighted by molar-refractivity contribution is 5.86. The molecular formula is C27H30O14. The predicted molar refractivity (Wildman–Crippen MR) is 137 cm³/mol. The third-order valence-corrected chi connectivity index (χ3v) is 7.03. The van der Waals surface area contributed by atoms with Crippen molar-refractivity contribution in [2.45, 2.75) is 62.2 Å². The van der Waals surface area contributed by atoms with E-state index in [0.29, 0.717) is 5.56 Å². The number of methoxy groups -OCH3 is 1. The van der Waals surface area contributed by atoms with Gasteiger partial charge in [-0.2, -0.15) is 0 Å². The minimum absolute atomic E-state index is 0.0698. The summed E-state index contributed by atoms with van der Waals surface area (Å²) >= 11 is 0. The Hall–Kier alpha value is -3.47. The van der Waals surface area contributed by atoms with Gasteiger partial charge in [0.2, 0.25) is 6.29 Å². The van der Waals surface area contributed by atoms with Gasteiger partial charge in [0.15, 0.2) is 29.3 Å². The Balaban J connectivity index is 1.47. The first kappa shape index (κ1) is 29.0. The van der Waals surface area contributed by atoms with E-state index in [1.165, 1.54) is 44.4 Å². The number of phenols is 2. The van der Waals surface area contributed by atoms with E-state index in [4.69, 9.17) is 28.1 Å². The maximum absolute atomic E-state index is 12.9. The summed E-state index contributed by atoms with van der Waals surface area (Å²) in [5, 5.41) is 71.5. The van der Waals surface area contributed by atoms with Gasteiger partial charge in [0.25, 0.3) is 0 Å². The Morgan fingerprint density at radius 1 is 0.878 bits per heavy atom. The molecule has 222 valence electrons. The molecule has 4 unspecified atom stereocenters. The maximum Gasteiger partial charge on any atom is 0.229 e. The van der Waals surface area contributed by atoms with E-state index in [-0.39, 0.29) is 40.6 Å². The lowest BCUT2D eigenvalue weighted by molar-refractivity contribution is -0.341. The number of hydrogen-bond donors (Lipinski definition) is 7. The zero-order chi connectivity index (χ0) is 29.6. The van der Waals surface area contributed by atoms with Crippen molar-refractivity contribution >= 4 is 11.0 Å². The van der Waals surface area contributed by atoms with Gasteiger partial charge in [-0.3, -0.25) is 4.79 Å². The second-order valence-corrected chi connectivity index (χ2v) is 9.84. The molecule has 2 aliphatic heterocycles. The third-order valence-electron chi connectivity index (χ3n) is 7.03. The Morgan fingerprint density at radius 2 is 1.63 bits per heavy atom. The van der Waals surface area contributed by atoms with Gasteiger partial charge >= 0.3 is 0 Å². The van der Waals surface area contributed by atoms with Crippen molar-refractivity contribution in [1.82, 2.24) is 0 Å². The molecule has 2 saturated heterocycles. The van der Waals surface area contributed by atoms with E-state index in [9.17, 15) is 40.5 Å². The molecule has 0 bridgehead atoms. The van der Waals surface area contributed by atoms with E-state index in [0.717, 1.165) is 6.07 Å². The lowest BCUT2D eigenvalue weighted by atomic mass is 9.99. The fraction of sp³-hybridized carbons (Fsp3) is 0.444. The standard InChI is InChI=1S/C27H30O14/c1-10-21(32)23(34)25(41-26-24(35)22(33)16(31)9-37-26)27(38-10)39-12-6-14(29)20-15(30)8-17(40-19(20)7-12)11-3-4-13(28)18(5-11)36-2/h3-8,10,16,21-29,31-35H,9H2,1-2H3/t10-,16?,21-,22?,23+,24?,25+,26?,27-/m0/s1. The Labute approximate surface area is 232 Å². The van der Waals surface area contributed by atoms with E-state index >= 15 is 0 Å². The fourth-order valence-corrected chi connectivity index (χ4v) is 4.71. The smallest absolute Gasteiger partial charge is 0.229 e. The molecular weight excluding hydrogens is 548 g/mol. The number of benzene rings is 2. The molecule has 3 heterocycles. The average molecular weight is 579 g/mol. The van der Waals surface area contributed by atoms with E-state index in [1.54, 1.807) is 0 Å². The molecule has 0 spiro atoms. The summed E-state index contributed by atoms with van der Waals surface area (Å²) in [6.07, 6.45) is -13.1. The van der Waals surface area contributed by atoms with Crippen LogP contribution in [0.2, 0.25) is 0 Å². The van der Waals surface area contributed by atoms with Crippen LogP contribution >= 0.6 is 0 Å². The molecule has 0 saturated carbocycles. The van der Waals surface area contributed by atoms with Crippen LogP contribution in [0.4, 0.5) is 0 Å². The van der Waals surface area contributed by atoms with E-state index in [2.05, 4.69) is 0 Å². The number of ether oxygens (including phenoxy) is 5. The first-order valence-electron chi connectivity index (χ1n) is 12.7. The molecule has 14 nitrogen and oxygen atoms in total. The molecule has 1 aromatic heterocycles. The summed E-state index contributed by atoms with van der Waals surface area (Å²) in [6.45, 7) is 1.10. The van der Waals surface area contributed by atoms with Crippen LogP contribution in [0, 0.1) is 0 Å². The maximum atomic E-state index is 12.9. The third kappa shape index (κ3) is 5.56. The van der Waals surface area contributed by atoms with Gasteiger partial charge in [0.1, 0.15) is 58.7 Å². The topological polar surface area (TPSA) is 218 Å². The summed E-state index contributed by atoms with van der Waals surface area (Å²) in [5.74, 6) is -0.423. The number of phenolic OH excluding ortho intramolecular Hbond substituents is 2. The van der Waals surface area contributed by atoms with Crippen LogP contribution in [0.1, 0.15) is 6.92 Å². The van der Waals surface area contributed by atoms with Crippen molar-refractivity contribution in [1.29, 1.82) is 0 Å². The lowest BCUT2D eigenvalue weighted by Crippen LogP contribution is -2.62. The summed E-state index contributed by atoms with van der Waals surface area (Å²) in [5.41, 5.74) is -0.235. The van der Waals surface area contributed by atoms with Crippen molar-refractivity contribution in [3.8, 4) is 34.3 Å². The molecule has 9 atom stereocenters. The Kier molecular flexibility index (Phi) is 8.09. The lowest BCUT2D eigenvalue weighted by Gasteiger charge is -2.44. The number of aromatic hydroxyl groups is 2. The minimum atomic E-state index is -1.70. The Bertz CT molecular complexity index is 1460. The molecule has 2 aliphatic rings. The number of rotatable bonds is 6. The minimum Gasteiger partial charge on any atom is -0.507 e. The predicted octanol–water partition coefficient (Wildman–Crippen LogP) is -0.451. The van der Waals surface area contributed by atoms with Crippen molar-refractivity contribution < 1.29 is 63.8 Å². The highest BCUT2D eigenvalue weighted by Gasteiger charge is 2.49. The highest BCUT2D eigenvalue weighted by atomic mass is 16.7. The van der Waals surface area contributed by atoms with Crippen LogP contribution in [0.3, 0.4) is 0 Å². The summed E-state index contributed by atoms with van der Waals surface area (Å²) in [6, 6.07) is 7.92. The zero-order valence-corrected chi connectivity index (χ0v) is 21.9. The summed E-state index contributed by atoms with van der Waals surface area (Å²) in [7, 11) is 1.37. The van der Waals surface area contributed by atoms with Crippen molar-refractivity contribution in [2.75, 3.05) is 13.7 Å². The average Bonchev–Trinajstić information content (AvgIpc) is 2.93. The second-order valence-electron chi connectivity index (χ2n) is 9.84. The summed E-state index contributed by atoms with van der Waals surface area (Å²) in [4.78, 5) is 12.9. The van der Waals surface area contributed by atoms with Gasteiger partial charge in [-0.25, -0.2) is 0 Å². The molecule has 3 aromatic rings. The Morgan fingerprint density at radius 3 is 2.37 bits per heavy atom. The van der Waals surface area contributed by atoms with Crippen molar-refractivity contribution in [2.24, 2.45) is 0 Å². The molecule has 2 fully saturated rings. The van der Waals surface area contributed by atoms with Crippen LogP contribution in [0.15, 0.2) is 45.6 Å². The van der Waals surface area contributed by atoms with Gasteiger partial charge in [0, 0.05) is 23.8 Å². The second kappa shape index (κ2) is 11.4. The van der Waals surface area contributed by atoms with E-state index in [1.807, 2.05) is 0 Å². The quantitative estimate of drug-likeness (QED) is 0.197. The molecule has 41 heavy (non-hydrogen) atoms. The largest absolute Gasteiger partial charge is 0.507 e. The van der Waals surface area contributed by atoms with Crippen LogP contribution < -0.4 is 14.9 Å². The number of aliphatic hydroxyl groups is 5. The molecule has 0 aliphatic carbocycles. The van der Waals surface area contributed by atoms with Crippen LogP contribution in [-0.2, 0) is 14.2 Å². The first-order chi connectivity index (χ1) is 19.5. The molecule has 0 radical (unpaired) electrons. The molecule has 0 amide bonds. The number of fused-ring (bicyclic) bond motifs is 1. The number of hydrogen-bond acceptors (Lipinski definition) is 14. The van der Waals surface area contributed by atoms with Gasteiger partial charge in [0.05, 0.1) is 19.8 Å². The first-order valence-corrected chi connectivity index (χ1v) is 12.7. The normalized spacial score (nSPS) is 32.1. The fourth-order valence-electron chi connectivity index (χ4n) is 4.71. The van der Waals surface area contributed by atoms with Gasteiger partial charge in [-0.1, -0.05) is 0 Å². The summed E-state index contributed by atoms with van der Waals surface area (Å²) < 4.78 is 33.5. The SMILES string of the molecule is COc1cc(-c2cc(=O)c3c(O)cc(O[C@@H]4O[C@@H](C)[C@H](O)[C@@H](O)[C@H]4OC4OCC(O)C(O)C4O)cc3o2)ccc1O. The van der Waals surface area contributed by atoms with Crippen molar-refractivity contribution in [3.05, 3.63) is 46.6 Å². The van der Waals surface area contributed by atoms with Crippen LogP contribution in [0.5, 0.6) is 23.0 Å². The molecule has 7 N–H and O–H groups in total. The van der Waals surface area contributed by atoms with Crippen LogP contribution in [-0.4, -0.2) is 105 Å². The molecule has 2 aromatic carbocycles. The van der Waals surface area contributed by atoms with Crippen LogP contribution in [0.25, 0.3) is 22.3 Å². The number of aliphatic hydroxyl groups excluding tert-OH is 5. The van der Waals surface area contributed by atoms with Gasteiger partial charge in [-0.15, -0.1) is 0 Å². The highest BCUT2D eigenvalue weighted by Crippen LogP contribution is 2.36. The van der Waals surface area contributed by atoms with Crippen molar-refractivity contribution in [3.63, 3.8) is 0 Å². The monoisotopic (exact) mass is 578 g/mol. The van der Waals surface area contributed by atoms with E-state index < -0.39 is 66.5 Å². The molecule has 5 rings (SSSR count). The molecule has 14 heteroatoms. The van der Waals surface area contributed by atoms with Gasteiger partial charge in [-0.05, 0) is 25.1 Å². The van der Waals surface area contributed by atoms with Gasteiger partial charge < -0.3 is 63.8 Å².